The highest BCUT2D eigenvalue weighted by atomic mass is 32.1. The molecule has 0 amide bonds. The van der Waals surface area contributed by atoms with Gasteiger partial charge in [-0.15, -0.1) is 11.3 Å². The van der Waals surface area contributed by atoms with Crippen molar-refractivity contribution in [2.75, 3.05) is 0 Å². The van der Waals surface area contributed by atoms with Crippen molar-refractivity contribution in [3.63, 3.8) is 0 Å². The average Bonchev–Trinajstić information content (AvgIpc) is 1.56. The highest BCUT2D eigenvalue weighted by Gasteiger charge is 2.36. The number of nitrogens with zero attached hydrogens (tertiary/aromatic N) is 6. The molecule has 1 aliphatic carbocycles. The summed E-state index contributed by atoms with van der Waals surface area (Å²) in [6, 6.07) is 146. The SMILES string of the molecule is CC1(C)c2ccccc2-c2ccc(-n3c4ccccc4c4cc(-n5c6ccc(-c7ccc8c(c7)sc7ccc(-n9c%10ccccc%10c%10cc(-n%11c%12ccccc%12c%12ccc(-c%13ccc%14c(c%13)c%13ccccc%13n%14-c%13ccccc%13)cc%12%11)ccc%109)cc78)cc6c6ccc(-c7ccc8c(c7)c7ccccc7n8-c7ccccc7)cc65)ccc43)cc21. The van der Waals surface area contributed by atoms with E-state index in [1.165, 1.54) is 201 Å². The minimum absolute atomic E-state index is 0.128. The van der Waals surface area contributed by atoms with Gasteiger partial charge in [-0.25, -0.2) is 0 Å². The zero-order valence-corrected chi connectivity index (χ0v) is 65.4. The summed E-state index contributed by atoms with van der Waals surface area (Å²) in [5, 5.41) is 17.2. The van der Waals surface area contributed by atoms with Gasteiger partial charge in [0, 0.05) is 124 Å². The van der Waals surface area contributed by atoms with Crippen LogP contribution in [-0.2, 0) is 5.41 Å². The smallest absolute Gasteiger partial charge is 0.0547 e. The number of thiophene rings is 1. The van der Waals surface area contributed by atoms with Crippen LogP contribution < -0.4 is 0 Å². The van der Waals surface area contributed by atoms with Gasteiger partial charge in [-0.05, 0) is 232 Å². The summed E-state index contributed by atoms with van der Waals surface area (Å²) in [5.41, 5.74) is 33.4. The monoisotopic (exact) mass is 1520 g/mol. The van der Waals surface area contributed by atoms with Crippen LogP contribution in [0.2, 0.25) is 0 Å². The fourth-order valence-electron chi connectivity index (χ4n) is 20.8. The predicted molar refractivity (Wildman–Crippen MR) is 499 cm³/mol. The van der Waals surface area contributed by atoms with Gasteiger partial charge in [0.05, 0.1) is 66.2 Å². The van der Waals surface area contributed by atoms with Gasteiger partial charge in [0.25, 0.3) is 0 Å². The fraction of sp³-hybridized carbons (Fsp3) is 0.0270. The largest absolute Gasteiger partial charge is 0.309 e. The molecule has 0 saturated heterocycles. The van der Waals surface area contributed by atoms with Crippen molar-refractivity contribution in [1.82, 2.24) is 27.4 Å². The van der Waals surface area contributed by atoms with Crippen molar-refractivity contribution in [3.05, 3.63) is 399 Å². The topological polar surface area (TPSA) is 29.6 Å². The molecule has 0 N–H and O–H groups in total. The van der Waals surface area contributed by atoms with Crippen LogP contribution in [0.5, 0.6) is 0 Å². The molecule has 1 aliphatic rings. The molecule has 0 aliphatic heterocycles. The normalized spacial score (nSPS) is 12.9. The van der Waals surface area contributed by atoms with Gasteiger partial charge in [-0.1, -0.05) is 226 Å². The van der Waals surface area contributed by atoms with Crippen molar-refractivity contribution in [1.29, 1.82) is 0 Å². The van der Waals surface area contributed by atoms with Crippen LogP contribution in [0.15, 0.2) is 388 Å². The molecule has 18 aromatic carbocycles. The van der Waals surface area contributed by atoms with Crippen LogP contribution in [-0.4, -0.2) is 27.4 Å². The van der Waals surface area contributed by atoms with Gasteiger partial charge >= 0.3 is 0 Å². The minimum Gasteiger partial charge on any atom is -0.309 e. The molecule has 0 fully saturated rings. The maximum absolute atomic E-state index is 2.52. The Balaban J connectivity index is 0.585. The van der Waals surface area contributed by atoms with Gasteiger partial charge in [0.2, 0.25) is 0 Å². The van der Waals surface area contributed by atoms with Crippen LogP contribution in [0.3, 0.4) is 0 Å². The van der Waals surface area contributed by atoms with E-state index in [1.807, 2.05) is 11.3 Å². The van der Waals surface area contributed by atoms with Crippen molar-refractivity contribution in [2.45, 2.75) is 19.3 Å². The third-order valence-corrected chi connectivity index (χ3v) is 27.3. The van der Waals surface area contributed by atoms with Crippen molar-refractivity contribution in [2.24, 2.45) is 0 Å². The molecule has 550 valence electrons. The Morgan fingerprint density at radius 1 is 0.169 bits per heavy atom. The number of para-hydroxylation sites is 7. The first-order chi connectivity index (χ1) is 58.3. The molecule has 0 bridgehead atoms. The molecule has 25 aromatic rings. The third-order valence-electron chi connectivity index (χ3n) is 26.2. The van der Waals surface area contributed by atoms with E-state index in [2.05, 4.69) is 429 Å². The Hall–Kier alpha value is -15.0. The standard InChI is InChI=1S/C111H70N6S/c1-111(2)95-31-15-9-25-79(95)80-50-43-78(66-96(80)111)115-101-36-20-14-30-85(101)93-64-76(45-55-106(93)115)117-104-53-42-69(59-91(104)87-48-38-71(61-108(87)117)68-41-52-103-90(58-68)83-28-12-18-34-99(83)113(103)74-23-7-4-8-24-74)72-39-49-88-94-65-77(46-56-109(94)118-110(88)62-72)114-100-35-19-13-29-84(100)92-63-75(44-54-105(92)114)116-97-32-16-10-26-81(97)86-47-37-70(60-107(86)116)67-40-51-102-89(57-67)82-27-11-17-33-98(82)112(102)73-21-5-3-6-22-73/h3-66H,1-2H3. The van der Waals surface area contributed by atoms with E-state index >= 15 is 0 Å². The van der Waals surface area contributed by atoms with Crippen LogP contribution >= 0.6 is 11.3 Å². The number of rotatable bonds is 9. The Bertz CT molecular complexity index is 8660. The van der Waals surface area contributed by atoms with Gasteiger partial charge in [-0.3, -0.25) is 0 Å². The molecule has 0 atom stereocenters. The lowest BCUT2D eigenvalue weighted by Gasteiger charge is -2.22. The van der Waals surface area contributed by atoms with E-state index in [0.717, 1.165) is 39.5 Å². The molecule has 7 aromatic heterocycles. The molecule has 0 unspecified atom stereocenters. The summed E-state index contributed by atoms with van der Waals surface area (Å²) < 4.78 is 17.3. The van der Waals surface area contributed by atoms with E-state index in [1.54, 1.807) is 0 Å². The van der Waals surface area contributed by atoms with Crippen LogP contribution in [0.4, 0.5) is 0 Å². The summed E-state index contributed by atoms with van der Waals surface area (Å²) >= 11 is 1.88. The first-order valence-corrected chi connectivity index (χ1v) is 41.7. The Labute approximate surface area is 682 Å². The summed E-state index contributed by atoms with van der Waals surface area (Å²) in [6.45, 7) is 4.75. The number of hydrogen-bond donors (Lipinski definition) is 0. The summed E-state index contributed by atoms with van der Waals surface area (Å²) in [7, 11) is 0. The molecule has 7 heterocycles. The number of benzene rings is 18. The second-order valence-electron chi connectivity index (χ2n) is 32.7. The van der Waals surface area contributed by atoms with Crippen LogP contribution in [0, 0.1) is 0 Å². The number of aromatic nitrogens is 6. The molecular weight excluding hydrogens is 1450 g/mol. The molecular formula is C111H70N6S. The van der Waals surface area contributed by atoms with Gasteiger partial charge < -0.3 is 27.4 Å². The highest BCUT2D eigenvalue weighted by molar-refractivity contribution is 7.25. The second kappa shape index (κ2) is 24.5. The van der Waals surface area contributed by atoms with Gasteiger partial charge in [0.1, 0.15) is 0 Å². The first-order valence-electron chi connectivity index (χ1n) is 40.8. The Kier molecular flexibility index (Phi) is 13.6. The van der Waals surface area contributed by atoms with E-state index in [-0.39, 0.29) is 5.41 Å². The second-order valence-corrected chi connectivity index (χ2v) is 33.8. The minimum atomic E-state index is -0.128. The van der Waals surface area contributed by atoms with E-state index < -0.39 is 0 Å². The molecule has 26 rings (SSSR count). The zero-order chi connectivity index (χ0) is 77.3. The van der Waals surface area contributed by atoms with E-state index in [9.17, 15) is 0 Å². The van der Waals surface area contributed by atoms with Gasteiger partial charge in [-0.2, -0.15) is 0 Å². The number of fused-ring (bicyclic) bond motifs is 24. The quantitative estimate of drug-likeness (QED) is 0.138. The molecule has 0 radical (unpaired) electrons. The molecule has 0 spiro atoms. The van der Waals surface area contributed by atoms with Crippen molar-refractivity contribution in [3.8, 4) is 78.6 Å². The highest BCUT2D eigenvalue weighted by Crippen LogP contribution is 2.51. The first kappa shape index (κ1) is 65.4. The molecule has 0 saturated carbocycles. The van der Waals surface area contributed by atoms with Crippen molar-refractivity contribution < 1.29 is 0 Å². The third kappa shape index (κ3) is 9.33. The zero-order valence-electron chi connectivity index (χ0n) is 64.5. The molecule has 7 heteroatoms. The Morgan fingerprint density at radius 3 is 0.941 bits per heavy atom. The molecule has 118 heavy (non-hydrogen) atoms. The maximum atomic E-state index is 2.52. The average molecular weight is 1520 g/mol. The van der Waals surface area contributed by atoms with Crippen molar-refractivity contribution >= 4 is 162 Å². The van der Waals surface area contributed by atoms with Crippen LogP contribution in [0.1, 0.15) is 25.0 Å². The maximum Gasteiger partial charge on any atom is 0.0547 e. The summed E-state index contributed by atoms with van der Waals surface area (Å²) in [4.78, 5) is 0. The lowest BCUT2D eigenvalue weighted by atomic mass is 9.82. The van der Waals surface area contributed by atoms with Crippen LogP contribution in [0.25, 0.3) is 230 Å². The summed E-state index contributed by atoms with van der Waals surface area (Å²) in [5.74, 6) is 0. The van der Waals surface area contributed by atoms with E-state index in [4.69, 9.17) is 0 Å². The number of hydrogen-bond acceptors (Lipinski definition) is 1. The van der Waals surface area contributed by atoms with E-state index in [0.29, 0.717) is 0 Å². The molecule has 6 nitrogen and oxygen atoms in total. The lowest BCUT2D eigenvalue weighted by Crippen LogP contribution is -2.15. The lowest BCUT2D eigenvalue weighted by molar-refractivity contribution is 0.660. The van der Waals surface area contributed by atoms with Gasteiger partial charge in [0.15, 0.2) is 0 Å². The Morgan fingerprint density at radius 2 is 0.466 bits per heavy atom. The predicted octanol–water partition coefficient (Wildman–Crippen LogP) is 29.9. The fourth-order valence-corrected chi connectivity index (χ4v) is 21.9. The summed E-state index contributed by atoms with van der Waals surface area (Å²) in [6.07, 6.45) is 0.